The van der Waals surface area contributed by atoms with Crippen molar-refractivity contribution in [1.82, 2.24) is 44.2 Å². The first-order valence-corrected chi connectivity index (χ1v) is 56.2. The number of rotatable bonds is 48. The van der Waals surface area contributed by atoms with Gasteiger partial charge >= 0.3 is 12.1 Å². The number of amides is 5. The number of nitrogens with zero attached hydrogens (tertiary/aromatic N) is 9. The second kappa shape index (κ2) is 61.6. The summed E-state index contributed by atoms with van der Waals surface area (Å²) in [4.78, 5) is 100. The Balaban J connectivity index is 0.000000200. The molecule has 9 aromatic rings. The highest BCUT2D eigenvalue weighted by atomic mass is 32.1. The molecule has 4 aliphatic heterocycles. The fraction of sp³-hybridized carbons (Fsp3) is 0.528. The van der Waals surface area contributed by atoms with Crippen LogP contribution in [0, 0.1) is 23.7 Å². The zero-order valence-electron chi connectivity index (χ0n) is 89.8. The lowest BCUT2D eigenvalue weighted by molar-refractivity contribution is -0.140. The Bertz CT molecular complexity index is 4980. The van der Waals surface area contributed by atoms with Crippen molar-refractivity contribution in [3.05, 3.63) is 289 Å². The highest BCUT2D eigenvalue weighted by molar-refractivity contribution is 7.80. The molecule has 0 bridgehead atoms. The third-order valence-electron chi connectivity index (χ3n) is 29.3. The number of alkyl halides is 3. The molecule has 4 saturated heterocycles. The van der Waals surface area contributed by atoms with Gasteiger partial charge in [0.1, 0.15) is 10.00 Å². The largest absolute Gasteiger partial charge is 0.478 e. The first-order chi connectivity index (χ1) is 70.2. The summed E-state index contributed by atoms with van der Waals surface area (Å²) >= 11 is 6.09. The molecule has 13 rings (SSSR count). The summed E-state index contributed by atoms with van der Waals surface area (Å²) in [5.74, 6) is 1.74. The van der Waals surface area contributed by atoms with Crippen molar-refractivity contribution in [2.45, 2.75) is 319 Å². The van der Waals surface area contributed by atoms with Gasteiger partial charge in [-0.15, -0.1) is 11.3 Å². The average Bonchev–Trinajstić information content (AvgIpc) is 1.73. The van der Waals surface area contributed by atoms with Gasteiger partial charge in [-0.05, 0) is 296 Å². The Morgan fingerprint density at radius 3 is 0.788 bits per heavy atom. The van der Waals surface area contributed by atoms with Gasteiger partial charge in [0.2, 0.25) is 5.91 Å². The molecule has 792 valence electrons. The Hall–Kier alpha value is -10.3. The second-order valence-corrected chi connectivity index (χ2v) is 44.0. The Kier molecular flexibility index (Phi) is 49.6. The van der Waals surface area contributed by atoms with Crippen LogP contribution in [0.1, 0.15) is 355 Å². The lowest BCUT2D eigenvalue weighted by Crippen LogP contribution is -2.47. The molecule has 8 aromatic carbocycles. The number of nitrogens with two attached hydrogens (primary N) is 2. The molecule has 0 radical (unpaired) electrons. The molecule has 5 heterocycles. The molecule has 0 unspecified atom stereocenters. The standard InChI is InChI=1S/C33H42F3N3OS.C30H43N3O2.C30H43N3OS.C30H42N2O3/c1-4-5-6-7-25-8-14-28(15-9-25)32(40)39(29-17-20-38(21-18-29)19-16-24(2)3)22-26-10-12-27(13-11-26)31-37-30(23-41-31)33(34,35)36;1-4-5-6-7-24-8-14-27(15-9-24)30(35)33(22-25-10-12-26(13-11-25)29(31)34)28-17-20-32(21-18-28)19-16-23(2)3;1-4-5-6-7-24-8-14-27(15-9-24)30(34)33(22-25-10-12-26(13-11-25)29(31)35)28-17-20-32(21-18-28)19-16-23(2)3;1-4-5-6-7-24-8-12-26(13-9-24)29(33)32(22-25-10-14-27(15-11-25)30(34)35)28-17-20-31(21-18-28)19-16-23(2)3/h8-15,23-24,29H,4-7,16-22H2,1-3H3;8-15,23,28H,4-7,16-22H2,1-3H3,(H2,31,34);8-15,23,28H,4-7,16-22H2,1-3H3,(H2,31,35);8-15,23,28H,4-7,16-22H2,1-3H3,(H,34,35). The Morgan fingerprint density at radius 2 is 0.575 bits per heavy atom. The zero-order chi connectivity index (χ0) is 105. The van der Waals surface area contributed by atoms with Crippen LogP contribution in [0.25, 0.3) is 10.6 Å². The van der Waals surface area contributed by atoms with E-state index in [0.717, 1.165) is 229 Å². The van der Waals surface area contributed by atoms with Gasteiger partial charge in [0, 0.05) is 147 Å². The summed E-state index contributed by atoms with van der Waals surface area (Å²) < 4.78 is 39.0. The number of carbonyl (C=O) groups excluding carboxylic acids is 5. The number of carbonyl (C=O) groups is 6. The number of piperidine rings is 4. The van der Waals surface area contributed by atoms with E-state index in [1.54, 1.807) is 36.4 Å². The molecule has 0 spiro atoms. The van der Waals surface area contributed by atoms with Crippen LogP contribution in [-0.2, 0) is 58.0 Å². The summed E-state index contributed by atoms with van der Waals surface area (Å²) in [5.41, 5.74) is 24.7. The number of halogens is 3. The number of primary amides is 1. The number of thiocarbonyl (C=S) groups is 1. The number of benzene rings is 8. The van der Waals surface area contributed by atoms with Gasteiger partial charge in [0.15, 0.2) is 5.69 Å². The maximum atomic E-state index is 13.9. The van der Waals surface area contributed by atoms with Crippen molar-refractivity contribution < 1.29 is 47.0 Å². The minimum Gasteiger partial charge on any atom is -0.478 e. The molecule has 23 heteroatoms. The van der Waals surface area contributed by atoms with E-state index in [0.29, 0.717) is 70.6 Å². The second-order valence-electron chi connectivity index (χ2n) is 42.7. The van der Waals surface area contributed by atoms with Crippen molar-refractivity contribution in [3.8, 4) is 10.6 Å². The quantitative estimate of drug-likeness (QED) is 0.0239. The van der Waals surface area contributed by atoms with Crippen LogP contribution in [-0.4, -0.2) is 192 Å². The number of hydrogen-bond acceptors (Lipinski definition) is 13. The molecule has 4 fully saturated rings. The van der Waals surface area contributed by atoms with Crippen LogP contribution >= 0.6 is 23.6 Å². The van der Waals surface area contributed by atoms with Gasteiger partial charge in [-0.25, -0.2) is 9.78 Å². The van der Waals surface area contributed by atoms with Crippen LogP contribution in [0.3, 0.4) is 0 Å². The van der Waals surface area contributed by atoms with E-state index in [2.05, 4.69) is 161 Å². The molecule has 0 atom stereocenters. The highest BCUT2D eigenvalue weighted by Gasteiger charge is 2.37. The third-order valence-corrected chi connectivity index (χ3v) is 30.4. The summed E-state index contributed by atoms with van der Waals surface area (Å²) in [6, 6.07) is 63.1. The van der Waals surface area contributed by atoms with Crippen LogP contribution in [0.5, 0.6) is 0 Å². The van der Waals surface area contributed by atoms with Crippen molar-refractivity contribution in [2.75, 3.05) is 78.5 Å². The smallest absolute Gasteiger partial charge is 0.434 e. The van der Waals surface area contributed by atoms with Crippen molar-refractivity contribution in [2.24, 2.45) is 35.1 Å². The van der Waals surface area contributed by atoms with Crippen LogP contribution in [0.4, 0.5) is 13.2 Å². The number of aromatic carboxylic acids is 1. The number of carboxylic acid groups (broad SMARTS) is 1. The zero-order valence-corrected chi connectivity index (χ0v) is 91.4. The number of aryl methyl sites for hydroxylation is 4. The summed E-state index contributed by atoms with van der Waals surface area (Å²) in [5, 5.41) is 10.6. The molecule has 5 N–H and O–H groups in total. The molecule has 18 nitrogen and oxygen atoms in total. The number of carboxylic acids is 1. The number of hydrogen-bond donors (Lipinski definition) is 3. The number of unbranched alkanes of at least 4 members (excludes halogenated alkanes) is 8. The molecule has 146 heavy (non-hydrogen) atoms. The summed E-state index contributed by atoms with van der Waals surface area (Å²) in [6.45, 7) is 41.7. The minimum atomic E-state index is -4.45. The predicted molar refractivity (Wildman–Crippen MR) is 597 cm³/mol. The van der Waals surface area contributed by atoms with Gasteiger partial charge in [-0.1, -0.05) is 268 Å². The van der Waals surface area contributed by atoms with Crippen molar-refractivity contribution in [3.63, 3.8) is 0 Å². The van der Waals surface area contributed by atoms with Gasteiger partial charge in [0.05, 0.1) is 5.56 Å². The van der Waals surface area contributed by atoms with E-state index in [4.69, 9.17) is 23.7 Å². The van der Waals surface area contributed by atoms with Crippen LogP contribution in [0.15, 0.2) is 200 Å². The first-order valence-electron chi connectivity index (χ1n) is 55.0. The molecule has 4 aliphatic rings. The van der Waals surface area contributed by atoms with Crippen molar-refractivity contribution >= 4 is 64.0 Å². The Morgan fingerprint density at radius 1 is 0.349 bits per heavy atom. The molecule has 1 aromatic heterocycles. The molecule has 5 amide bonds. The van der Waals surface area contributed by atoms with E-state index >= 15 is 0 Å². The van der Waals surface area contributed by atoms with Gasteiger partial charge in [0.25, 0.3) is 23.6 Å². The van der Waals surface area contributed by atoms with Crippen LogP contribution in [0.2, 0.25) is 0 Å². The van der Waals surface area contributed by atoms with E-state index < -0.39 is 23.7 Å². The summed E-state index contributed by atoms with van der Waals surface area (Å²) in [6.07, 6.45) is 26.8. The number of thiazole rings is 1. The summed E-state index contributed by atoms with van der Waals surface area (Å²) in [7, 11) is 0. The fourth-order valence-corrected chi connectivity index (χ4v) is 20.6. The Labute approximate surface area is 881 Å². The first kappa shape index (κ1) is 118. The minimum absolute atomic E-state index is 0.0320. The molecule has 0 saturated carbocycles. The number of aromatic nitrogens is 1. The molecular weight excluding hydrogens is 1860 g/mol. The topological polar surface area (TPSA) is 214 Å². The fourth-order valence-electron chi connectivity index (χ4n) is 19.7. The van der Waals surface area contributed by atoms with E-state index in [1.807, 2.05) is 124 Å². The SMILES string of the molecule is CCCCCc1ccc(C(=O)N(Cc2ccc(-c3nc(C(F)(F)F)cs3)cc2)C2CCN(CCC(C)C)CC2)cc1.CCCCCc1ccc(C(=O)N(Cc2ccc(C(=O)O)cc2)C2CCN(CCC(C)C)CC2)cc1.CCCCCc1ccc(C(=O)N(Cc2ccc(C(N)=O)cc2)C2CCN(CCC(C)C)CC2)cc1.CCCCCc1ccc(C(=O)N(Cc2ccc(C(N)=S)cc2)C2CCN(CCC(C)C)CC2)cc1. The van der Waals surface area contributed by atoms with E-state index in [9.17, 15) is 47.0 Å². The monoisotopic (exact) mass is 2030 g/mol. The highest BCUT2D eigenvalue weighted by Crippen LogP contribution is 2.36. The van der Waals surface area contributed by atoms with Gasteiger partial charge in [-0.2, -0.15) is 13.2 Å². The third kappa shape index (κ3) is 39.3. The van der Waals surface area contributed by atoms with Crippen LogP contribution < -0.4 is 11.5 Å². The lowest BCUT2D eigenvalue weighted by atomic mass is 9.99. The lowest BCUT2D eigenvalue weighted by Gasteiger charge is -2.39. The normalized spacial score (nSPS) is 14.9. The maximum absolute atomic E-state index is 13.9. The maximum Gasteiger partial charge on any atom is 0.434 e. The average molecular weight is 2040 g/mol. The van der Waals surface area contributed by atoms with Crippen molar-refractivity contribution in [1.29, 1.82) is 0 Å². The van der Waals surface area contributed by atoms with Gasteiger partial charge in [-0.3, -0.25) is 24.0 Å². The number of likely N-dealkylation sites (tertiary alicyclic amines) is 4. The molecule has 0 aliphatic carbocycles. The predicted octanol–water partition coefficient (Wildman–Crippen LogP) is 26.9. The van der Waals surface area contributed by atoms with Gasteiger partial charge < -0.3 is 55.8 Å². The van der Waals surface area contributed by atoms with E-state index in [1.165, 1.54) is 119 Å². The molecular formula is C123H170F3N11O7S2. The van der Waals surface area contributed by atoms with E-state index in [-0.39, 0.29) is 53.4 Å².